The Bertz CT molecular complexity index is 225. The van der Waals surface area contributed by atoms with E-state index in [1.807, 2.05) is 0 Å². The Balaban J connectivity index is 4.45. The summed E-state index contributed by atoms with van der Waals surface area (Å²) in [6, 6.07) is 1.70. The summed E-state index contributed by atoms with van der Waals surface area (Å²) in [4.78, 5) is 10.9. The lowest BCUT2D eigenvalue weighted by molar-refractivity contribution is -0.117. The van der Waals surface area contributed by atoms with E-state index in [4.69, 9.17) is 5.26 Å². The van der Waals surface area contributed by atoms with Crippen LogP contribution in [0, 0.1) is 11.3 Å². The summed E-state index contributed by atoms with van der Waals surface area (Å²) in [5, 5.41) is 10.9. The van der Waals surface area contributed by atoms with E-state index in [2.05, 4.69) is 30.6 Å². The zero-order valence-corrected chi connectivity index (χ0v) is 7.75. The summed E-state index contributed by atoms with van der Waals surface area (Å²) < 4.78 is 0.137. The van der Waals surface area contributed by atoms with Crippen LogP contribution in [0.2, 0.25) is 0 Å². The summed E-state index contributed by atoms with van der Waals surface area (Å²) >= 11 is 7.53. The van der Waals surface area contributed by atoms with Crippen LogP contribution in [0.5, 0.6) is 0 Å². The largest absolute Gasteiger partial charge is 0.352 e. The molecule has 0 aliphatic rings. The molecule has 0 aromatic heterocycles. The van der Waals surface area contributed by atoms with Crippen molar-refractivity contribution in [2.24, 2.45) is 0 Å². The molecular formula is C6H8N2OS2. The van der Waals surface area contributed by atoms with Gasteiger partial charge in [-0.2, -0.15) is 5.26 Å². The highest BCUT2D eigenvalue weighted by Gasteiger charge is 2.09. The van der Waals surface area contributed by atoms with E-state index in [1.165, 1.54) is 0 Å². The molecule has 0 spiro atoms. The Hall–Kier alpha value is -0.600. The molecule has 0 fully saturated rings. The standard InChI is InChI=1S/C6H8N2OS2/c1-2-8-5(9)4(3-7)6(10)11/h10-11H,2H2,1H3,(H,8,9). The third-order valence-corrected chi connectivity index (χ3v) is 1.35. The summed E-state index contributed by atoms with van der Waals surface area (Å²) in [7, 11) is 0. The molecule has 0 aliphatic heterocycles. The molecule has 60 valence electrons. The fourth-order valence-electron chi connectivity index (χ4n) is 0.451. The Morgan fingerprint density at radius 2 is 2.18 bits per heavy atom. The van der Waals surface area contributed by atoms with Crippen molar-refractivity contribution in [1.82, 2.24) is 5.32 Å². The van der Waals surface area contributed by atoms with Crippen LogP contribution in [0.15, 0.2) is 9.81 Å². The van der Waals surface area contributed by atoms with Crippen LogP contribution in [-0.2, 0) is 4.79 Å². The van der Waals surface area contributed by atoms with E-state index in [9.17, 15) is 4.79 Å². The minimum Gasteiger partial charge on any atom is -0.352 e. The van der Waals surface area contributed by atoms with Gasteiger partial charge < -0.3 is 5.32 Å². The first-order chi connectivity index (χ1) is 5.13. The molecule has 1 N–H and O–H groups in total. The number of hydrogen-bond acceptors (Lipinski definition) is 4. The number of hydrogen-bond donors (Lipinski definition) is 3. The molecule has 3 nitrogen and oxygen atoms in total. The third-order valence-electron chi connectivity index (χ3n) is 0.900. The maximum absolute atomic E-state index is 10.9. The molecule has 0 aliphatic carbocycles. The van der Waals surface area contributed by atoms with Gasteiger partial charge in [-0.25, -0.2) is 0 Å². The second-order valence-corrected chi connectivity index (χ2v) is 2.92. The Morgan fingerprint density at radius 3 is 2.45 bits per heavy atom. The lowest BCUT2D eigenvalue weighted by Crippen LogP contribution is -2.24. The van der Waals surface area contributed by atoms with Gasteiger partial charge in [-0.3, -0.25) is 4.79 Å². The summed E-state index contributed by atoms with van der Waals surface area (Å²) in [5.41, 5.74) is -0.0569. The molecule has 0 saturated heterocycles. The second-order valence-electron chi connectivity index (χ2n) is 1.67. The lowest BCUT2D eigenvalue weighted by atomic mass is 10.3. The number of carbonyl (C=O) groups excluding carboxylic acids is 1. The van der Waals surface area contributed by atoms with Crippen LogP contribution in [-0.4, -0.2) is 12.5 Å². The van der Waals surface area contributed by atoms with Crippen LogP contribution >= 0.6 is 25.3 Å². The zero-order valence-electron chi connectivity index (χ0n) is 5.96. The van der Waals surface area contributed by atoms with Crippen molar-refractivity contribution >= 4 is 31.2 Å². The van der Waals surface area contributed by atoms with Crippen LogP contribution in [0.25, 0.3) is 0 Å². The molecule has 5 heteroatoms. The maximum atomic E-state index is 10.9. The maximum Gasteiger partial charge on any atom is 0.263 e. The van der Waals surface area contributed by atoms with Gasteiger partial charge in [0.25, 0.3) is 5.91 Å². The van der Waals surface area contributed by atoms with Gasteiger partial charge in [-0.05, 0) is 6.92 Å². The van der Waals surface area contributed by atoms with Gasteiger partial charge in [0.1, 0.15) is 11.6 Å². The van der Waals surface area contributed by atoms with Gasteiger partial charge in [-0.15, -0.1) is 25.3 Å². The van der Waals surface area contributed by atoms with E-state index in [-0.39, 0.29) is 9.81 Å². The monoisotopic (exact) mass is 188 g/mol. The molecule has 0 unspecified atom stereocenters. The molecule has 0 bridgehead atoms. The summed E-state index contributed by atoms with van der Waals surface area (Å²) in [6.07, 6.45) is 0. The van der Waals surface area contributed by atoms with Crippen LogP contribution in [0.1, 0.15) is 6.92 Å². The van der Waals surface area contributed by atoms with Gasteiger partial charge in [0.2, 0.25) is 0 Å². The Morgan fingerprint density at radius 1 is 1.64 bits per heavy atom. The SMILES string of the molecule is CCNC(=O)C(C#N)=C(S)S. The first-order valence-corrected chi connectivity index (χ1v) is 3.83. The molecule has 0 aromatic rings. The minimum absolute atomic E-state index is 0.0569. The summed E-state index contributed by atoms with van der Waals surface area (Å²) in [6.45, 7) is 2.25. The van der Waals surface area contributed by atoms with Crippen molar-refractivity contribution in [3.63, 3.8) is 0 Å². The fraction of sp³-hybridized carbons (Fsp3) is 0.333. The Labute approximate surface area is 76.3 Å². The van der Waals surface area contributed by atoms with E-state index >= 15 is 0 Å². The van der Waals surface area contributed by atoms with Gasteiger partial charge >= 0.3 is 0 Å². The number of rotatable bonds is 2. The van der Waals surface area contributed by atoms with Crippen molar-refractivity contribution in [2.45, 2.75) is 6.92 Å². The molecule has 0 saturated carbocycles. The van der Waals surface area contributed by atoms with Crippen LogP contribution in [0.3, 0.4) is 0 Å². The van der Waals surface area contributed by atoms with Crippen LogP contribution < -0.4 is 5.32 Å². The number of carbonyl (C=O) groups is 1. The molecule has 0 radical (unpaired) electrons. The highest BCUT2D eigenvalue weighted by Crippen LogP contribution is 2.11. The fourth-order valence-corrected chi connectivity index (χ4v) is 0.754. The molecule has 11 heavy (non-hydrogen) atoms. The van der Waals surface area contributed by atoms with E-state index in [1.54, 1.807) is 13.0 Å². The first-order valence-electron chi connectivity index (χ1n) is 2.94. The molecule has 0 rings (SSSR count). The quantitative estimate of drug-likeness (QED) is 0.340. The average molecular weight is 188 g/mol. The highest BCUT2D eigenvalue weighted by molar-refractivity contribution is 8.05. The number of nitriles is 1. The van der Waals surface area contributed by atoms with Crippen molar-refractivity contribution in [3.8, 4) is 6.07 Å². The first kappa shape index (κ1) is 10.4. The van der Waals surface area contributed by atoms with Crippen molar-refractivity contribution < 1.29 is 4.79 Å². The van der Waals surface area contributed by atoms with Crippen LogP contribution in [0.4, 0.5) is 0 Å². The number of amides is 1. The van der Waals surface area contributed by atoms with Gasteiger partial charge in [0, 0.05) is 6.54 Å². The van der Waals surface area contributed by atoms with Gasteiger partial charge in [-0.1, -0.05) is 0 Å². The lowest BCUT2D eigenvalue weighted by Gasteiger charge is -1.99. The van der Waals surface area contributed by atoms with Crippen molar-refractivity contribution in [3.05, 3.63) is 9.81 Å². The normalized spacial score (nSPS) is 8.18. The highest BCUT2D eigenvalue weighted by atomic mass is 32.2. The number of thiol groups is 2. The zero-order chi connectivity index (χ0) is 8.85. The predicted octanol–water partition coefficient (Wildman–Crippen LogP) is 0.717. The minimum atomic E-state index is -0.435. The summed E-state index contributed by atoms with van der Waals surface area (Å²) in [5.74, 6) is -0.435. The molecule has 0 heterocycles. The smallest absolute Gasteiger partial charge is 0.263 e. The van der Waals surface area contributed by atoms with E-state index < -0.39 is 5.91 Å². The van der Waals surface area contributed by atoms with E-state index in [0.29, 0.717) is 6.54 Å². The molecule has 1 amide bonds. The second kappa shape index (κ2) is 5.10. The molecular weight excluding hydrogens is 180 g/mol. The molecule has 0 atom stereocenters. The Kier molecular flexibility index (Phi) is 4.83. The van der Waals surface area contributed by atoms with Crippen molar-refractivity contribution in [1.29, 1.82) is 5.26 Å². The van der Waals surface area contributed by atoms with Gasteiger partial charge in [0.15, 0.2) is 0 Å². The molecule has 0 aromatic carbocycles. The number of nitrogens with one attached hydrogen (secondary N) is 1. The number of nitrogens with zero attached hydrogens (tertiary/aromatic N) is 1. The predicted molar refractivity (Wildman–Crippen MR) is 49.3 cm³/mol. The van der Waals surface area contributed by atoms with E-state index in [0.717, 1.165) is 0 Å². The van der Waals surface area contributed by atoms with Gasteiger partial charge in [0.05, 0.1) is 4.24 Å². The van der Waals surface area contributed by atoms with Crippen molar-refractivity contribution in [2.75, 3.05) is 6.54 Å². The topological polar surface area (TPSA) is 52.9 Å². The number of likely N-dealkylation sites (N-methyl/N-ethyl adjacent to an activating group) is 1. The third kappa shape index (κ3) is 3.35. The average Bonchev–Trinajstić information content (AvgIpc) is 1.88.